The Kier molecular flexibility index (Phi) is 4.55. The van der Waals surface area contributed by atoms with Gasteiger partial charge in [-0.15, -0.1) is 0 Å². The molecule has 23 heavy (non-hydrogen) atoms. The van der Waals surface area contributed by atoms with E-state index in [0.717, 1.165) is 33.7 Å². The molecule has 3 nitrogen and oxygen atoms in total. The number of phenolic OH excluding ortho intramolecular Hbond substituents is 1. The van der Waals surface area contributed by atoms with E-state index in [2.05, 4.69) is 11.3 Å². The highest BCUT2D eigenvalue weighted by Gasteiger charge is 2.14. The molecule has 0 atom stereocenters. The van der Waals surface area contributed by atoms with E-state index >= 15 is 0 Å². The van der Waals surface area contributed by atoms with Gasteiger partial charge in [-0.25, -0.2) is 0 Å². The number of hydrogen-bond donors (Lipinski definition) is 1. The molecule has 0 fully saturated rings. The summed E-state index contributed by atoms with van der Waals surface area (Å²) in [6.45, 7) is 2.06. The highest BCUT2D eigenvalue weighted by molar-refractivity contribution is 7.09. The number of halogens is 1. The minimum atomic E-state index is 0.199. The first-order chi connectivity index (χ1) is 11.1. The molecule has 0 saturated carbocycles. The van der Waals surface area contributed by atoms with E-state index in [0.29, 0.717) is 10.8 Å². The Labute approximate surface area is 144 Å². The number of benzene rings is 2. The van der Waals surface area contributed by atoms with Gasteiger partial charge in [0.05, 0.1) is 17.7 Å². The van der Waals surface area contributed by atoms with Gasteiger partial charge in [0.25, 0.3) is 0 Å². The maximum atomic E-state index is 10.3. The van der Waals surface area contributed by atoms with Gasteiger partial charge in [-0.05, 0) is 47.8 Å². The van der Waals surface area contributed by atoms with Gasteiger partial charge in [0.1, 0.15) is 11.5 Å². The number of rotatable bonds is 4. The molecule has 5 heteroatoms. The van der Waals surface area contributed by atoms with Crippen molar-refractivity contribution in [3.63, 3.8) is 0 Å². The van der Waals surface area contributed by atoms with Crippen molar-refractivity contribution in [2.75, 3.05) is 7.11 Å². The van der Waals surface area contributed by atoms with E-state index in [4.69, 9.17) is 16.3 Å². The van der Waals surface area contributed by atoms with Gasteiger partial charge in [-0.2, -0.15) is 4.37 Å². The quantitative estimate of drug-likeness (QED) is 0.687. The van der Waals surface area contributed by atoms with Crippen LogP contribution in [0, 0.1) is 0 Å². The lowest BCUT2D eigenvalue weighted by molar-refractivity contribution is 0.403. The lowest BCUT2D eigenvalue weighted by Crippen LogP contribution is -1.91. The van der Waals surface area contributed by atoms with E-state index in [1.165, 1.54) is 11.5 Å². The standard InChI is InChI=1S/C18H16ClNO2S/c1-3-11-8-14(16(21)10-17(11)22-2)18-9-15(20-23-18)12-4-6-13(19)7-5-12/h4-10,21H,3H2,1-2H3. The molecule has 1 N–H and O–H groups in total. The van der Waals surface area contributed by atoms with Gasteiger partial charge >= 0.3 is 0 Å². The summed E-state index contributed by atoms with van der Waals surface area (Å²) >= 11 is 7.28. The summed E-state index contributed by atoms with van der Waals surface area (Å²) in [5.41, 5.74) is 3.71. The predicted octanol–water partition coefficient (Wildman–Crippen LogP) is 5.41. The number of aromatic nitrogens is 1. The lowest BCUT2D eigenvalue weighted by Gasteiger charge is -2.10. The number of ether oxygens (including phenoxy) is 1. The Bertz CT molecular complexity index is 828. The van der Waals surface area contributed by atoms with Crippen molar-refractivity contribution >= 4 is 23.1 Å². The van der Waals surface area contributed by atoms with Crippen molar-refractivity contribution in [2.24, 2.45) is 0 Å². The third-order valence-corrected chi connectivity index (χ3v) is 4.77. The number of methoxy groups -OCH3 is 1. The molecule has 2 aromatic carbocycles. The fourth-order valence-electron chi connectivity index (χ4n) is 2.44. The van der Waals surface area contributed by atoms with Crippen molar-refractivity contribution in [2.45, 2.75) is 13.3 Å². The number of nitrogens with zero attached hydrogens (tertiary/aromatic N) is 1. The van der Waals surface area contributed by atoms with E-state index in [-0.39, 0.29) is 5.75 Å². The fraction of sp³-hybridized carbons (Fsp3) is 0.167. The normalized spacial score (nSPS) is 10.7. The van der Waals surface area contributed by atoms with Crippen LogP contribution in [0.2, 0.25) is 5.02 Å². The summed E-state index contributed by atoms with van der Waals surface area (Å²) in [6.07, 6.45) is 0.833. The maximum absolute atomic E-state index is 10.3. The number of aryl methyl sites for hydroxylation is 1. The molecule has 0 amide bonds. The van der Waals surface area contributed by atoms with Gasteiger partial charge in [-0.3, -0.25) is 0 Å². The Morgan fingerprint density at radius 1 is 1.17 bits per heavy atom. The summed E-state index contributed by atoms with van der Waals surface area (Å²) < 4.78 is 9.80. The number of phenols is 1. The van der Waals surface area contributed by atoms with Crippen LogP contribution < -0.4 is 4.74 Å². The fourth-order valence-corrected chi connectivity index (χ4v) is 3.34. The smallest absolute Gasteiger partial charge is 0.127 e. The van der Waals surface area contributed by atoms with Crippen molar-refractivity contribution < 1.29 is 9.84 Å². The SMILES string of the molecule is CCc1cc(-c2cc(-c3ccc(Cl)cc3)ns2)c(O)cc1OC. The second-order valence-corrected chi connectivity index (χ2v) is 6.36. The summed E-state index contributed by atoms with van der Waals surface area (Å²) in [4.78, 5) is 0.921. The Balaban J connectivity index is 2.01. The summed E-state index contributed by atoms with van der Waals surface area (Å²) in [5, 5.41) is 11.0. The average molecular weight is 346 g/mol. The van der Waals surface area contributed by atoms with Crippen molar-refractivity contribution in [1.82, 2.24) is 4.37 Å². The molecule has 3 aromatic rings. The van der Waals surface area contributed by atoms with Crippen molar-refractivity contribution in [3.05, 3.63) is 53.1 Å². The second kappa shape index (κ2) is 6.60. The third kappa shape index (κ3) is 3.19. The minimum Gasteiger partial charge on any atom is -0.507 e. The molecule has 0 aliphatic heterocycles. The molecule has 0 aliphatic rings. The Morgan fingerprint density at radius 2 is 1.91 bits per heavy atom. The van der Waals surface area contributed by atoms with Gasteiger partial charge in [0.15, 0.2) is 0 Å². The summed E-state index contributed by atoms with van der Waals surface area (Å²) in [7, 11) is 1.61. The largest absolute Gasteiger partial charge is 0.507 e. The molecule has 0 spiro atoms. The van der Waals surface area contributed by atoms with Crippen LogP contribution in [-0.4, -0.2) is 16.6 Å². The monoisotopic (exact) mass is 345 g/mol. The van der Waals surface area contributed by atoms with E-state index in [1.807, 2.05) is 36.4 Å². The topological polar surface area (TPSA) is 42.4 Å². The van der Waals surface area contributed by atoms with Crippen LogP contribution in [0.25, 0.3) is 21.7 Å². The van der Waals surface area contributed by atoms with Crippen LogP contribution in [0.5, 0.6) is 11.5 Å². The molecular weight excluding hydrogens is 330 g/mol. The van der Waals surface area contributed by atoms with Crippen LogP contribution in [0.4, 0.5) is 0 Å². The molecular formula is C18H16ClNO2S. The predicted molar refractivity (Wildman–Crippen MR) is 95.6 cm³/mol. The molecule has 1 heterocycles. The summed E-state index contributed by atoms with van der Waals surface area (Å²) in [5.74, 6) is 0.904. The van der Waals surface area contributed by atoms with Gasteiger partial charge in [0.2, 0.25) is 0 Å². The minimum absolute atomic E-state index is 0.199. The second-order valence-electron chi connectivity index (χ2n) is 5.12. The van der Waals surface area contributed by atoms with Gasteiger partial charge in [0, 0.05) is 22.2 Å². The summed E-state index contributed by atoms with van der Waals surface area (Å²) in [6, 6.07) is 13.2. The highest BCUT2D eigenvalue weighted by Crippen LogP contribution is 2.39. The zero-order valence-electron chi connectivity index (χ0n) is 12.8. The van der Waals surface area contributed by atoms with Crippen LogP contribution in [-0.2, 0) is 6.42 Å². The van der Waals surface area contributed by atoms with Crippen LogP contribution >= 0.6 is 23.1 Å². The Hall–Kier alpha value is -2.04. The van der Waals surface area contributed by atoms with Crippen LogP contribution in [0.3, 0.4) is 0 Å². The number of hydrogen-bond acceptors (Lipinski definition) is 4. The zero-order valence-corrected chi connectivity index (χ0v) is 14.4. The highest BCUT2D eigenvalue weighted by atomic mass is 35.5. The van der Waals surface area contributed by atoms with E-state index < -0.39 is 0 Å². The van der Waals surface area contributed by atoms with E-state index in [1.54, 1.807) is 13.2 Å². The third-order valence-electron chi connectivity index (χ3n) is 3.70. The molecule has 0 saturated heterocycles. The van der Waals surface area contributed by atoms with Crippen molar-refractivity contribution in [1.29, 1.82) is 0 Å². The first-order valence-electron chi connectivity index (χ1n) is 7.25. The zero-order chi connectivity index (χ0) is 16.4. The maximum Gasteiger partial charge on any atom is 0.127 e. The molecule has 0 bridgehead atoms. The van der Waals surface area contributed by atoms with E-state index in [9.17, 15) is 5.11 Å². The van der Waals surface area contributed by atoms with Gasteiger partial charge < -0.3 is 9.84 Å². The molecule has 3 rings (SSSR count). The first-order valence-corrected chi connectivity index (χ1v) is 8.40. The molecule has 0 radical (unpaired) electrons. The lowest BCUT2D eigenvalue weighted by atomic mass is 10.0. The molecule has 0 aliphatic carbocycles. The first kappa shape index (κ1) is 15.8. The molecule has 118 valence electrons. The number of aromatic hydroxyl groups is 1. The van der Waals surface area contributed by atoms with Crippen molar-refractivity contribution in [3.8, 4) is 33.2 Å². The van der Waals surface area contributed by atoms with Crippen LogP contribution in [0.1, 0.15) is 12.5 Å². The van der Waals surface area contributed by atoms with Crippen LogP contribution in [0.15, 0.2) is 42.5 Å². The van der Waals surface area contributed by atoms with Gasteiger partial charge in [-0.1, -0.05) is 30.7 Å². The molecule has 0 unspecified atom stereocenters. The average Bonchev–Trinajstić information content (AvgIpc) is 3.04. The molecule has 1 aromatic heterocycles. The Morgan fingerprint density at radius 3 is 2.57 bits per heavy atom.